The molecule has 0 heterocycles. The van der Waals surface area contributed by atoms with Crippen LogP contribution >= 0.6 is 0 Å². The van der Waals surface area contributed by atoms with E-state index in [9.17, 15) is 26.7 Å². The zero-order valence-corrected chi connectivity index (χ0v) is 18.0. The largest absolute Gasteiger partial charge is 0.495 e. The highest BCUT2D eigenvalue weighted by Gasteiger charge is 2.24. The summed E-state index contributed by atoms with van der Waals surface area (Å²) in [5.41, 5.74) is 0.0314. The van der Waals surface area contributed by atoms with Gasteiger partial charge in [-0.25, -0.2) is 26.8 Å². The maximum absolute atomic E-state index is 13.0. The Balaban J connectivity index is 2.55. The molecule has 0 aliphatic carbocycles. The number of primary sulfonamides is 1. The van der Waals surface area contributed by atoms with Gasteiger partial charge in [-0.15, -0.1) is 0 Å². The second-order valence-corrected chi connectivity index (χ2v) is 9.52. The number of methoxy groups -OCH3 is 1. The van der Waals surface area contributed by atoms with Crippen molar-refractivity contribution in [3.05, 3.63) is 42.0 Å². The summed E-state index contributed by atoms with van der Waals surface area (Å²) in [6.07, 6.45) is 1.69. The molecular formula is C18H23N3O7S2. The van der Waals surface area contributed by atoms with Crippen LogP contribution in [0.4, 0.5) is 11.4 Å². The molecule has 0 fully saturated rings. The molecule has 0 amide bonds. The molecular weight excluding hydrogens is 434 g/mol. The van der Waals surface area contributed by atoms with Crippen molar-refractivity contribution in [2.24, 2.45) is 5.14 Å². The quantitative estimate of drug-likeness (QED) is 0.394. The molecule has 2 rings (SSSR count). The van der Waals surface area contributed by atoms with E-state index in [0.29, 0.717) is 12.2 Å². The number of anilines is 2. The Labute approximate surface area is 175 Å². The maximum atomic E-state index is 13.0. The Kier molecular flexibility index (Phi) is 7.29. The van der Waals surface area contributed by atoms with Gasteiger partial charge < -0.3 is 15.2 Å². The van der Waals surface area contributed by atoms with Crippen molar-refractivity contribution in [2.75, 3.05) is 23.7 Å². The van der Waals surface area contributed by atoms with E-state index in [1.807, 2.05) is 6.92 Å². The number of carboxylic acid groups (broad SMARTS) is 1. The van der Waals surface area contributed by atoms with Gasteiger partial charge in [-0.2, -0.15) is 0 Å². The third kappa shape index (κ3) is 5.62. The minimum absolute atomic E-state index is 0.0552. The van der Waals surface area contributed by atoms with Gasteiger partial charge in [0.25, 0.3) is 10.0 Å². The Bertz CT molecular complexity index is 1150. The monoisotopic (exact) mass is 457 g/mol. The summed E-state index contributed by atoms with van der Waals surface area (Å²) in [6, 6.07) is 7.13. The predicted octanol–water partition coefficient (Wildman–Crippen LogP) is 2.05. The highest BCUT2D eigenvalue weighted by Crippen LogP contribution is 2.31. The summed E-state index contributed by atoms with van der Waals surface area (Å²) in [5, 5.41) is 17.4. The van der Waals surface area contributed by atoms with Crippen molar-refractivity contribution in [1.82, 2.24) is 0 Å². The summed E-state index contributed by atoms with van der Waals surface area (Å²) >= 11 is 0. The van der Waals surface area contributed by atoms with Crippen LogP contribution in [-0.4, -0.2) is 41.6 Å². The number of carboxylic acids is 1. The van der Waals surface area contributed by atoms with E-state index in [2.05, 4.69) is 10.0 Å². The zero-order valence-electron chi connectivity index (χ0n) is 16.4. The molecule has 0 spiro atoms. The number of ether oxygens (including phenoxy) is 1. The first-order valence-electron chi connectivity index (χ1n) is 8.84. The van der Waals surface area contributed by atoms with Crippen LogP contribution in [0.3, 0.4) is 0 Å². The van der Waals surface area contributed by atoms with Crippen molar-refractivity contribution >= 4 is 37.4 Å². The van der Waals surface area contributed by atoms with Gasteiger partial charge in [-0.1, -0.05) is 13.3 Å². The maximum Gasteiger partial charge on any atom is 0.335 e. The predicted molar refractivity (Wildman–Crippen MR) is 112 cm³/mol. The summed E-state index contributed by atoms with van der Waals surface area (Å²) in [6.45, 7) is 2.51. The minimum Gasteiger partial charge on any atom is -0.495 e. The summed E-state index contributed by atoms with van der Waals surface area (Å²) in [5.74, 6) is -1.39. The first kappa shape index (κ1) is 23.4. The minimum atomic E-state index is -4.34. The van der Waals surface area contributed by atoms with Gasteiger partial charge in [-0.3, -0.25) is 4.72 Å². The standard InChI is InChI=1S/C18H23N3O7S2/c1-3-4-9-20-14-7-6-13(29(19,24)25)11-15(14)21-30(26,27)17-10-12(18(22)23)5-8-16(17)28-2/h5-8,10-11,20-21H,3-4,9H2,1-2H3,(H,22,23)(H2,19,24,25). The van der Waals surface area contributed by atoms with Gasteiger partial charge in [0, 0.05) is 6.54 Å². The smallest absolute Gasteiger partial charge is 0.335 e. The molecule has 30 heavy (non-hydrogen) atoms. The van der Waals surface area contributed by atoms with Crippen LogP contribution in [-0.2, 0) is 20.0 Å². The van der Waals surface area contributed by atoms with Crippen LogP contribution < -0.4 is 19.9 Å². The lowest BCUT2D eigenvalue weighted by atomic mass is 10.2. The third-order valence-corrected chi connectivity index (χ3v) is 6.41. The van der Waals surface area contributed by atoms with E-state index in [0.717, 1.165) is 25.0 Å². The van der Waals surface area contributed by atoms with Crippen LogP contribution in [0.1, 0.15) is 30.1 Å². The van der Waals surface area contributed by atoms with Gasteiger partial charge >= 0.3 is 5.97 Å². The number of benzene rings is 2. The SMILES string of the molecule is CCCCNc1ccc(S(N)(=O)=O)cc1NS(=O)(=O)c1cc(C(=O)O)ccc1OC. The van der Waals surface area contributed by atoms with Gasteiger partial charge in [0.1, 0.15) is 10.6 Å². The van der Waals surface area contributed by atoms with E-state index >= 15 is 0 Å². The highest BCUT2D eigenvalue weighted by atomic mass is 32.2. The molecule has 0 unspecified atom stereocenters. The van der Waals surface area contributed by atoms with Crippen LogP contribution in [0.2, 0.25) is 0 Å². The van der Waals surface area contributed by atoms with Crippen LogP contribution in [0.25, 0.3) is 0 Å². The average molecular weight is 458 g/mol. The number of sulfonamides is 2. The topological polar surface area (TPSA) is 165 Å². The lowest BCUT2D eigenvalue weighted by Crippen LogP contribution is -2.18. The number of nitrogens with one attached hydrogen (secondary N) is 2. The molecule has 0 aliphatic rings. The second kappa shape index (κ2) is 9.32. The molecule has 0 saturated heterocycles. The molecule has 0 aliphatic heterocycles. The molecule has 12 heteroatoms. The Morgan fingerprint density at radius 3 is 2.37 bits per heavy atom. The fourth-order valence-corrected chi connectivity index (χ4v) is 4.36. The van der Waals surface area contributed by atoms with E-state index in [1.54, 1.807) is 0 Å². The number of unbranched alkanes of at least 4 members (excludes halogenated alkanes) is 1. The summed E-state index contributed by atoms with van der Waals surface area (Å²) in [7, 11) is -7.18. The van der Waals surface area contributed by atoms with E-state index in [4.69, 9.17) is 9.88 Å². The van der Waals surface area contributed by atoms with E-state index < -0.39 is 30.9 Å². The molecule has 0 saturated carbocycles. The molecule has 0 bridgehead atoms. The summed E-state index contributed by atoms with van der Waals surface area (Å²) < 4.78 is 56.8. The van der Waals surface area contributed by atoms with E-state index in [-0.39, 0.29) is 21.9 Å². The number of nitrogens with two attached hydrogens (primary N) is 1. The first-order chi connectivity index (χ1) is 14.0. The second-order valence-electron chi connectivity index (χ2n) is 6.31. The molecule has 0 atom stereocenters. The average Bonchev–Trinajstić information content (AvgIpc) is 2.67. The normalized spacial score (nSPS) is 11.7. The number of rotatable bonds is 10. The summed E-state index contributed by atoms with van der Waals surface area (Å²) in [4.78, 5) is 10.6. The molecule has 2 aromatic carbocycles. The first-order valence-corrected chi connectivity index (χ1v) is 11.9. The number of carbonyl (C=O) groups is 1. The van der Waals surface area contributed by atoms with Crippen molar-refractivity contribution in [2.45, 2.75) is 29.6 Å². The van der Waals surface area contributed by atoms with Crippen LogP contribution in [0.15, 0.2) is 46.2 Å². The third-order valence-electron chi connectivity index (χ3n) is 4.11. The molecule has 164 valence electrons. The molecule has 5 N–H and O–H groups in total. The van der Waals surface area contributed by atoms with Crippen LogP contribution in [0.5, 0.6) is 5.75 Å². The Morgan fingerprint density at radius 2 is 1.80 bits per heavy atom. The van der Waals surface area contributed by atoms with Crippen molar-refractivity contribution in [3.8, 4) is 5.75 Å². The van der Waals surface area contributed by atoms with Crippen molar-refractivity contribution in [3.63, 3.8) is 0 Å². The van der Waals surface area contributed by atoms with Gasteiger partial charge in [0.05, 0.1) is 28.9 Å². The molecule has 0 aromatic heterocycles. The van der Waals surface area contributed by atoms with E-state index in [1.165, 1.54) is 31.4 Å². The fourth-order valence-electron chi connectivity index (χ4n) is 2.56. The van der Waals surface area contributed by atoms with Crippen molar-refractivity contribution < 1.29 is 31.5 Å². The van der Waals surface area contributed by atoms with Gasteiger partial charge in [0.15, 0.2) is 0 Å². The Morgan fingerprint density at radius 1 is 1.10 bits per heavy atom. The lowest BCUT2D eigenvalue weighted by molar-refractivity contribution is 0.0696. The van der Waals surface area contributed by atoms with Crippen LogP contribution in [0, 0.1) is 0 Å². The molecule has 2 aromatic rings. The molecule has 10 nitrogen and oxygen atoms in total. The number of aromatic carboxylic acids is 1. The van der Waals surface area contributed by atoms with Crippen molar-refractivity contribution in [1.29, 1.82) is 0 Å². The number of hydrogen-bond donors (Lipinski definition) is 4. The lowest BCUT2D eigenvalue weighted by Gasteiger charge is -2.17. The zero-order chi connectivity index (χ0) is 22.5. The fraction of sp³-hybridized carbons (Fsp3) is 0.278. The highest BCUT2D eigenvalue weighted by molar-refractivity contribution is 7.93. The number of hydrogen-bond acceptors (Lipinski definition) is 7. The van der Waals surface area contributed by atoms with Gasteiger partial charge in [0.2, 0.25) is 10.0 Å². The Hall–Kier alpha value is -2.83. The molecule has 0 radical (unpaired) electrons. The van der Waals surface area contributed by atoms with Gasteiger partial charge in [-0.05, 0) is 42.8 Å².